The van der Waals surface area contributed by atoms with Crippen LogP contribution in [0.25, 0.3) is 0 Å². The van der Waals surface area contributed by atoms with Crippen LogP contribution in [-0.2, 0) is 4.79 Å². The third-order valence-corrected chi connectivity index (χ3v) is 3.45. The summed E-state index contributed by atoms with van der Waals surface area (Å²) in [7, 11) is 0. The van der Waals surface area contributed by atoms with Gasteiger partial charge in [-0.2, -0.15) is 13.9 Å². The van der Waals surface area contributed by atoms with Crippen LogP contribution in [0, 0.1) is 6.92 Å². The Labute approximate surface area is 137 Å². The number of halogens is 3. The van der Waals surface area contributed by atoms with Crippen molar-refractivity contribution in [1.82, 2.24) is 9.78 Å². The standard InChI is InChI=1S/C15H16ClF2N3O2/c1-3-13(21-8-10(16)7-19-21)14(22)20-12-5-4-11(6-9(12)2)23-15(17)18/h4-8,13,15H,3H2,1-2H3,(H,20,22). The summed E-state index contributed by atoms with van der Waals surface area (Å²) in [5.74, 6) is -0.223. The van der Waals surface area contributed by atoms with Gasteiger partial charge in [-0.1, -0.05) is 18.5 Å². The second-order valence-corrected chi connectivity index (χ2v) is 5.34. The number of hydrogen-bond acceptors (Lipinski definition) is 3. The molecule has 8 heteroatoms. The van der Waals surface area contributed by atoms with E-state index >= 15 is 0 Å². The Hall–Kier alpha value is -2.15. The number of hydrogen-bond donors (Lipinski definition) is 1. The van der Waals surface area contributed by atoms with Crippen molar-refractivity contribution in [2.75, 3.05) is 5.32 Å². The number of aryl methyl sites for hydroxylation is 1. The second-order valence-electron chi connectivity index (χ2n) is 4.91. The number of alkyl halides is 2. The molecule has 2 rings (SSSR count). The minimum absolute atomic E-state index is 0.0430. The predicted octanol–water partition coefficient (Wildman–Crippen LogP) is 4.04. The highest BCUT2D eigenvalue weighted by Gasteiger charge is 2.20. The summed E-state index contributed by atoms with van der Waals surface area (Å²) in [6.07, 6.45) is 3.55. The Morgan fingerprint density at radius 1 is 1.48 bits per heavy atom. The van der Waals surface area contributed by atoms with Crippen LogP contribution in [0.4, 0.5) is 14.5 Å². The maximum absolute atomic E-state index is 12.4. The number of benzene rings is 1. The van der Waals surface area contributed by atoms with Gasteiger partial charge in [0.1, 0.15) is 11.8 Å². The number of carbonyl (C=O) groups is 1. The Morgan fingerprint density at radius 3 is 2.74 bits per heavy atom. The largest absolute Gasteiger partial charge is 0.435 e. The van der Waals surface area contributed by atoms with Crippen molar-refractivity contribution in [3.05, 3.63) is 41.2 Å². The average molecular weight is 344 g/mol. The van der Waals surface area contributed by atoms with Gasteiger partial charge in [0, 0.05) is 11.9 Å². The van der Waals surface area contributed by atoms with E-state index in [1.165, 1.54) is 29.1 Å². The number of nitrogens with zero attached hydrogens (tertiary/aromatic N) is 2. The van der Waals surface area contributed by atoms with Crippen molar-refractivity contribution in [3.8, 4) is 5.75 Å². The molecule has 0 aliphatic rings. The van der Waals surface area contributed by atoms with Gasteiger partial charge in [0.2, 0.25) is 5.91 Å². The van der Waals surface area contributed by atoms with E-state index in [1.807, 2.05) is 6.92 Å². The first kappa shape index (κ1) is 17.2. The molecule has 1 N–H and O–H groups in total. The van der Waals surface area contributed by atoms with Gasteiger partial charge >= 0.3 is 6.61 Å². The summed E-state index contributed by atoms with van der Waals surface area (Å²) in [5, 5.41) is 7.25. The zero-order valence-electron chi connectivity index (χ0n) is 12.6. The highest BCUT2D eigenvalue weighted by Crippen LogP contribution is 2.24. The summed E-state index contributed by atoms with van der Waals surface area (Å²) in [5.41, 5.74) is 1.14. The topological polar surface area (TPSA) is 56.1 Å². The lowest BCUT2D eigenvalue weighted by molar-refractivity contribution is -0.119. The van der Waals surface area contributed by atoms with Crippen molar-refractivity contribution >= 4 is 23.2 Å². The van der Waals surface area contributed by atoms with Crippen LogP contribution in [-0.4, -0.2) is 22.3 Å². The number of anilines is 1. The minimum Gasteiger partial charge on any atom is -0.435 e. The molecule has 1 heterocycles. The van der Waals surface area contributed by atoms with Crippen LogP contribution in [0.2, 0.25) is 5.02 Å². The zero-order chi connectivity index (χ0) is 17.0. The fourth-order valence-corrected chi connectivity index (χ4v) is 2.29. The average Bonchev–Trinajstić information content (AvgIpc) is 2.88. The van der Waals surface area contributed by atoms with Gasteiger partial charge in [0.15, 0.2) is 0 Å². The van der Waals surface area contributed by atoms with E-state index in [2.05, 4.69) is 15.2 Å². The first-order valence-corrected chi connectivity index (χ1v) is 7.34. The van der Waals surface area contributed by atoms with Crippen molar-refractivity contribution in [2.24, 2.45) is 0 Å². The second kappa shape index (κ2) is 7.41. The van der Waals surface area contributed by atoms with E-state index in [0.717, 1.165) is 0 Å². The van der Waals surface area contributed by atoms with Crippen molar-refractivity contribution in [3.63, 3.8) is 0 Å². The Balaban J connectivity index is 2.12. The molecular weight excluding hydrogens is 328 g/mol. The van der Waals surface area contributed by atoms with E-state index in [0.29, 0.717) is 22.7 Å². The molecule has 2 aromatic rings. The van der Waals surface area contributed by atoms with E-state index in [-0.39, 0.29) is 11.7 Å². The van der Waals surface area contributed by atoms with E-state index < -0.39 is 12.7 Å². The van der Waals surface area contributed by atoms with Crippen LogP contribution in [0.3, 0.4) is 0 Å². The fourth-order valence-electron chi connectivity index (χ4n) is 2.15. The summed E-state index contributed by atoms with van der Waals surface area (Å²) >= 11 is 5.82. The molecule has 1 atom stereocenters. The molecule has 1 aromatic heterocycles. The summed E-state index contributed by atoms with van der Waals surface area (Å²) in [6.45, 7) is 0.662. The van der Waals surface area contributed by atoms with E-state index in [9.17, 15) is 13.6 Å². The molecular formula is C15H16ClF2N3O2. The minimum atomic E-state index is -2.89. The molecule has 0 spiro atoms. The normalized spacial score (nSPS) is 12.3. The number of aromatic nitrogens is 2. The van der Waals surface area contributed by atoms with Crippen molar-refractivity contribution in [1.29, 1.82) is 0 Å². The molecule has 0 saturated heterocycles. The van der Waals surface area contributed by atoms with Gasteiger partial charge in [-0.05, 0) is 37.1 Å². The zero-order valence-corrected chi connectivity index (χ0v) is 13.3. The fraction of sp³-hybridized carbons (Fsp3) is 0.333. The van der Waals surface area contributed by atoms with Gasteiger partial charge in [-0.15, -0.1) is 0 Å². The van der Waals surface area contributed by atoms with Crippen molar-refractivity contribution < 1.29 is 18.3 Å². The van der Waals surface area contributed by atoms with Crippen LogP contribution < -0.4 is 10.1 Å². The maximum atomic E-state index is 12.4. The third kappa shape index (κ3) is 4.41. The molecule has 5 nitrogen and oxygen atoms in total. The molecule has 1 amide bonds. The van der Waals surface area contributed by atoms with Gasteiger partial charge in [0.05, 0.1) is 11.2 Å². The van der Waals surface area contributed by atoms with Crippen LogP contribution in [0.15, 0.2) is 30.6 Å². The van der Waals surface area contributed by atoms with Gasteiger partial charge in [-0.3, -0.25) is 9.48 Å². The SMILES string of the molecule is CCC(C(=O)Nc1ccc(OC(F)F)cc1C)n1cc(Cl)cn1. The molecule has 0 aliphatic heterocycles. The monoisotopic (exact) mass is 343 g/mol. The molecule has 23 heavy (non-hydrogen) atoms. The molecule has 124 valence electrons. The van der Waals surface area contributed by atoms with Gasteiger partial charge < -0.3 is 10.1 Å². The van der Waals surface area contributed by atoms with E-state index in [1.54, 1.807) is 13.1 Å². The van der Waals surface area contributed by atoms with Crippen LogP contribution in [0.5, 0.6) is 5.75 Å². The molecule has 0 bridgehead atoms. The van der Waals surface area contributed by atoms with Gasteiger partial charge in [0.25, 0.3) is 0 Å². The maximum Gasteiger partial charge on any atom is 0.387 e. The summed E-state index contributed by atoms with van der Waals surface area (Å²) < 4.78 is 30.2. The smallest absolute Gasteiger partial charge is 0.387 e. The number of nitrogens with one attached hydrogen (secondary N) is 1. The lowest BCUT2D eigenvalue weighted by Gasteiger charge is -2.17. The van der Waals surface area contributed by atoms with Gasteiger partial charge in [-0.25, -0.2) is 0 Å². The molecule has 0 aliphatic carbocycles. The van der Waals surface area contributed by atoms with Crippen LogP contribution >= 0.6 is 11.6 Å². The Bertz CT molecular complexity index is 691. The molecule has 1 unspecified atom stereocenters. The number of amides is 1. The summed E-state index contributed by atoms with van der Waals surface area (Å²) in [4.78, 5) is 12.4. The Morgan fingerprint density at radius 2 is 2.22 bits per heavy atom. The first-order valence-electron chi connectivity index (χ1n) is 6.96. The first-order chi connectivity index (χ1) is 10.9. The van der Waals surface area contributed by atoms with Crippen molar-refractivity contribution in [2.45, 2.75) is 32.9 Å². The lowest BCUT2D eigenvalue weighted by Crippen LogP contribution is -2.26. The number of ether oxygens (including phenoxy) is 1. The third-order valence-electron chi connectivity index (χ3n) is 3.26. The molecule has 0 fully saturated rings. The van der Waals surface area contributed by atoms with Crippen LogP contribution in [0.1, 0.15) is 24.9 Å². The predicted molar refractivity (Wildman–Crippen MR) is 83.0 cm³/mol. The number of rotatable bonds is 6. The Kier molecular flexibility index (Phi) is 5.54. The molecule has 0 radical (unpaired) electrons. The lowest BCUT2D eigenvalue weighted by atomic mass is 10.1. The molecule has 1 aromatic carbocycles. The quantitative estimate of drug-likeness (QED) is 0.861. The van der Waals surface area contributed by atoms with E-state index in [4.69, 9.17) is 11.6 Å². The highest BCUT2D eigenvalue weighted by atomic mass is 35.5. The highest BCUT2D eigenvalue weighted by molar-refractivity contribution is 6.30. The number of carbonyl (C=O) groups excluding carboxylic acids is 1. The summed E-state index contributed by atoms with van der Waals surface area (Å²) in [6, 6.07) is 3.82. The molecule has 0 saturated carbocycles.